The first kappa shape index (κ1) is 14.5. The van der Waals surface area contributed by atoms with Crippen LogP contribution in [0.3, 0.4) is 0 Å². The van der Waals surface area contributed by atoms with Gasteiger partial charge >= 0.3 is 0 Å². The predicted molar refractivity (Wildman–Crippen MR) is 82.0 cm³/mol. The Bertz CT molecular complexity index is 457. The van der Waals surface area contributed by atoms with E-state index in [9.17, 15) is 4.79 Å². The topological polar surface area (TPSA) is 41.6 Å². The minimum Gasteiger partial charge on any atom is -0.370 e. The first-order valence-corrected chi connectivity index (χ1v) is 8.00. The van der Waals surface area contributed by atoms with E-state index in [1.165, 1.54) is 25.7 Å². The minimum absolute atomic E-state index is 0.00961. The molecular weight excluding hydrogens is 264 g/mol. The molecule has 2 aliphatic rings. The van der Waals surface area contributed by atoms with E-state index in [-0.39, 0.29) is 12.0 Å². The summed E-state index contributed by atoms with van der Waals surface area (Å²) in [4.78, 5) is 14.3. The Kier molecular flexibility index (Phi) is 4.88. The number of hydrogen-bond acceptors (Lipinski definition) is 3. The van der Waals surface area contributed by atoms with Crippen molar-refractivity contribution in [2.24, 2.45) is 0 Å². The van der Waals surface area contributed by atoms with Crippen molar-refractivity contribution in [2.45, 2.75) is 37.8 Å². The van der Waals surface area contributed by atoms with Crippen LogP contribution >= 0.6 is 0 Å². The fourth-order valence-corrected chi connectivity index (χ4v) is 3.22. The van der Waals surface area contributed by atoms with Crippen LogP contribution in [0, 0.1) is 0 Å². The number of benzene rings is 1. The highest BCUT2D eigenvalue weighted by atomic mass is 16.5. The standard InChI is InChI=1S/C17H24N2O2/c20-17(12-18-15-8-4-5-9-15)19-10-11-21-16(13-19)14-6-2-1-3-7-14/h1-3,6-7,15-16,18H,4-5,8-13H2. The van der Waals surface area contributed by atoms with Gasteiger partial charge in [-0.15, -0.1) is 0 Å². The number of carbonyl (C=O) groups excluding carboxylic acids is 1. The molecule has 0 radical (unpaired) electrons. The molecule has 1 saturated carbocycles. The van der Waals surface area contributed by atoms with Gasteiger partial charge in [0.25, 0.3) is 0 Å². The van der Waals surface area contributed by atoms with Crippen molar-refractivity contribution in [3.05, 3.63) is 35.9 Å². The lowest BCUT2D eigenvalue weighted by atomic mass is 10.1. The molecule has 114 valence electrons. The van der Waals surface area contributed by atoms with Crippen LogP contribution in [0.25, 0.3) is 0 Å². The molecular formula is C17H24N2O2. The summed E-state index contributed by atoms with van der Waals surface area (Å²) in [6, 6.07) is 10.7. The second kappa shape index (κ2) is 7.05. The summed E-state index contributed by atoms with van der Waals surface area (Å²) in [5.41, 5.74) is 1.15. The monoisotopic (exact) mass is 288 g/mol. The lowest BCUT2D eigenvalue weighted by molar-refractivity contribution is -0.138. The van der Waals surface area contributed by atoms with Gasteiger partial charge in [-0.2, -0.15) is 0 Å². The van der Waals surface area contributed by atoms with Crippen LogP contribution in [0.15, 0.2) is 30.3 Å². The average Bonchev–Trinajstić information content (AvgIpc) is 3.07. The van der Waals surface area contributed by atoms with Gasteiger partial charge in [0, 0.05) is 12.6 Å². The molecule has 1 N–H and O–H groups in total. The second-order valence-electron chi connectivity index (χ2n) is 5.97. The van der Waals surface area contributed by atoms with Crippen molar-refractivity contribution >= 4 is 5.91 Å². The number of morpholine rings is 1. The number of rotatable bonds is 4. The fraction of sp³-hybridized carbons (Fsp3) is 0.588. The average molecular weight is 288 g/mol. The van der Waals surface area contributed by atoms with Gasteiger partial charge in [0.2, 0.25) is 5.91 Å². The van der Waals surface area contributed by atoms with Crippen molar-refractivity contribution in [3.63, 3.8) is 0 Å². The number of nitrogens with zero attached hydrogens (tertiary/aromatic N) is 1. The van der Waals surface area contributed by atoms with E-state index in [1.54, 1.807) is 0 Å². The predicted octanol–water partition coefficient (Wildman–Crippen LogP) is 2.12. The fourth-order valence-electron chi connectivity index (χ4n) is 3.22. The van der Waals surface area contributed by atoms with Gasteiger partial charge < -0.3 is 15.0 Å². The third-order valence-corrected chi connectivity index (χ3v) is 4.49. The Balaban J connectivity index is 1.51. The summed E-state index contributed by atoms with van der Waals surface area (Å²) in [5, 5.41) is 3.40. The Morgan fingerprint density at radius 1 is 1.24 bits per heavy atom. The van der Waals surface area contributed by atoms with Gasteiger partial charge in [0.1, 0.15) is 6.10 Å². The number of ether oxygens (including phenoxy) is 1. The molecule has 3 rings (SSSR count). The van der Waals surface area contributed by atoms with Gasteiger partial charge in [0.05, 0.1) is 19.7 Å². The maximum Gasteiger partial charge on any atom is 0.236 e. The Morgan fingerprint density at radius 3 is 2.76 bits per heavy atom. The molecule has 1 aliphatic heterocycles. The SMILES string of the molecule is O=C(CNC1CCCC1)N1CCOC(c2ccccc2)C1. The van der Waals surface area contributed by atoms with Gasteiger partial charge in [-0.3, -0.25) is 4.79 Å². The normalized spacial score (nSPS) is 23.4. The molecule has 1 atom stereocenters. The summed E-state index contributed by atoms with van der Waals surface area (Å²) >= 11 is 0. The Morgan fingerprint density at radius 2 is 2.00 bits per heavy atom. The largest absolute Gasteiger partial charge is 0.370 e. The van der Waals surface area contributed by atoms with E-state index in [0.29, 0.717) is 32.3 Å². The quantitative estimate of drug-likeness (QED) is 0.922. The van der Waals surface area contributed by atoms with Crippen LogP contribution in [0.5, 0.6) is 0 Å². The molecule has 4 heteroatoms. The first-order valence-electron chi connectivity index (χ1n) is 8.00. The molecule has 1 unspecified atom stereocenters. The van der Waals surface area contributed by atoms with Gasteiger partial charge in [-0.1, -0.05) is 43.2 Å². The molecule has 0 bridgehead atoms. The molecule has 1 saturated heterocycles. The molecule has 1 aromatic rings. The summed E-state index contributed by atoms with van der Waals surface area (Å²) in [7, 11) is 0. The summed E-state index contributed by atoms with van der Waals surface area (Å²) in [6.07, 6.45) is 5.01. The third-order valence-electron chi connectivity index (χ3n) is 4.49. The number of carbonyl (C=O) groups is 1. The van der Waals surface area contributed by atoms with Crippen LogP contribution in [0.4, 0.5) is 0 Å². The van der Waals surface area contributed by atoms with E-state index >= 15 is 0 Å². The van der Waals surface area contributed by atoms with E-state index < -0.39 is 0 Å². The van der Waals surface area contributed by atoms with Crippen molar-refractivity contribution in [2.75, 3.05) is 26.2 Å². The highest BCUT2D eigenvalue weighted by Crippen LogP contribution is 2.22. The second-order valence-corrected chi connectivity index (χ2v) is 5.97. The Hall–Kier alpha value is -1.39. The van der Waals surface area contributed by atoms with Crippen molar-refractivity contribution < 1.29 is 9.53 Å². The van der Waals surface area contributed by atoms with Crippen molar-refractivity contribution in [3.8, 4) is 0 Å². The molecule has 0 spiro atoms. The molecule has 0 aromatic heterocycles. The zero-order chi connectivity index (χ0) is 14.5. The maximum atomic E-state index is 12.3. The lowest BCUT2D eigenvalue weighted by Gasteiger charge is -2.33. The van der Waals surface area contributed by atoms with Gasteiger partial charge in [0.15, 0.2) is 0 Å². The van der Waals surface area contributed by atoms with E-state index in [1.807, 2.05) is 23.1 Å². The number of amides is 1. The zero-order valence-corrected chi connectivity index (χ0v) is 12.5. The summed E-state index contributed by atoms with van der Waals surface area (Å²) in [6.45, 7) is 2.45. The maximum absolute atomic E-state index is 12.3. The molecule has 1 heterocycles. The molecule has 1 aromatic carbocycles. The minimum atomic E-state index is 0.00961. The van der Waals surface area contributed by atoms with Crippen LogP contribution in [-0.4, -0.2) is 43.1 Å². The van der Waals surface area contributed by atoms with Crippen molar-refractivity contribution in [1.82, 2.24) is 10.2 Å². The highest BCUT2D eigenvalue weighted by molar-refractivity contribution is 5.78. The molecule has 1 aliphatic carbocycles. The van der Waals surface area contributed by atoms with E-state index in [2.05, 4.69) is 17.4 Å². The van der Waals surface area contributed by atoms with Gasteiger partial charge in [-0.05, 0) is 18.4 Å². The number of hydrogen-bond donors (Lipinski definition) is 1. The van der Waals surface area contributed by atoms with Gasteiger partial charge in [-0.25, -0.2) is 0 Å². The molecule has 1 amide bonds. The molecule has 4 nitrogen and oxygen atoms in total. The number of nitrogens with one attached hydrogen (secondary N) is 1. The Labute approximate surface area is 126 Å². The summed E-state index contributed by atoms with van der Waals surface area (Å²) in [5.74, 6) is 0.200. The smallest absolute Gasteiger partial charge is 0.236 e. The van der Waals surface area contributed by atoms with E-state index in [4.69, 9.17) is 4.74 Å². The first-order chi connectivity index (χ1) is 10.3. The van der Waals surface area contributed by atoms with E-state index in [0.717, 1.165) is 5.56 Å². The zero-order valence-electron chi connectivity index (χ0n) is 12.5. The van der Waals surface area contributed by atoms with Crippen LogP contribution in [-0.2, 0) is 9.53 Å². The lowest BCUT2D eigenvalue weighted by Crippen LogP contribution is -2.47. The third kappa shape index (κ3) is 3.83. The van der Waals surface area contributed by atoms with Crippen molar-refractivity contribution in [1.29, 1.82) is 0 Å². The van der Waals surface area contributed by atoms with Crippen LogP contribution in [0.1, 0.15) is 37.4 Å². The van der Waals surface area contributed by atoms with Crippen LogP contribution in [0.2, 0.25) is 0 Å². The van der Waals surface area contributed by atoms with Crippen LogP contribution < -0.4 is 5.32 Å². The summed E-state index contributed by atoms with van der Waals surface area (Å²) < 4.78 is 5.81. The molecule has 2 fully saturated rings. The molecule has 21 heavy (non-hydrogen) atoms. The highest BCUT2D eigenvalue weighted by Gasteiger charge is 2.25.